The summed E-state index contributed by atoms with van der Waals surface area (Å²) in [5, 5.41) is 7.02. The zero-order valence-corrected chi connectivity index (χ0v) is 9.75. The number of carbonyl (C=O) groups is 1. The van der Waals surface area contributed by atoms with Gasteiger partial charge in [-0.05, 0) is 26.2 Å². The highest BCUT2D eigenvalue weighted by molar-refractivity contribution is 5.85. The lowest BCUT2D eigenvalue weighted by Crippen LogP contribution is -2.24. The van der Waals surface area contributed by atoms with E-state index in [1.165, 1.54) is 0 Å². The van der Waals surface area contributed by atoms with Gasteiger partial charge in [0.1, 0.15) is 11.2 Å². The van der Waals surface area contributed by atoms with Crippen LogP contribution in [0.4, 0.5) is 0 Å². The second-order valence-electron chi connectivity index (χ2n) is 4.16. The van der Waals surface area contributed by atoms with Crippen molar-refractivity contribution in [1.29, 1.82) is 0 Å². The van der Waals surface area contributed by atoms with E-state index in [2.05, 4.69) is 22.1 Å². The van der Waals surface area contributed by atoms with E-state index in [-0.39, 0.29) is 5.97 Å². The summed E-state index contributed by atoms with van der Waals surface area (Å²) in [6.45, 7) is 4.31. The normalized spacial score (nSPS) is 17.1. The average molecular weight is 223 g/mol. The van der Waals surface area contributed by atoms with Crippen LogP contribution in [0.15, 0.2) is 0 Å². The molecule has 88 valence electrons. The second-order valence-corrected chi connectivity index (χ2v) is 4.16. The lowest BCUT2D eigenvalue weighted by Gasteiger charge is -2.08. The predicted octanol–water partition coefficient (Wildman–Crippen LogP) is 1.35. The van der Waals surface area contributed by atoms with Crippen LogP contribution in [0, 0.1) is 0 Å². The van der Waals surface area contributed by atoms with Gasteiger partial charge in [-0.2, -0.15) is 5.10 Å². The Labute approximate surface area is 94.6 Å². The molecule has 0 unspecified atom stereocenters. The first-order valence-electron chi connectivity index (χ1n) is 5.82. The van der Waals surface area contributed by atoms with Gasteiger partial charge in [-0.25, -0.2) is 4.98 Å². The Hall–Kier alpha value is -1.39. The second kappa shape index (κ2) is 4.23. The fourth-order valence-electron chi connectivity index (χ4n) is 1.77. The lowest BCUT2D eigenvalue weighted by atomic mass is 10.1. The van der Waals surface area contributed by atoms with Crippen LogP contribution in [0.2, 0.25) is 0 Å². The first kappa shape index (κ1) is 11.1. The molecule has 0 spiro atoms. The monoisotopic (exact) mass is 223 g/mol. The van der Waals surface area contributed by atoms with Gasteiger partial charge in [-0.1, -0.05) is 6.92 Å². The lowest BCUT2D eigenvalue weighted by molar-refractivity contribution is -0.146. The van der Waals surface area contributed by atoms with Crippen molar-refractivity contribution < 1.29 is 9.53 Å². The maximum absolute atomic E-state index is 11.8. The zero-order valence-electron chi connectivity index (χ0n) is 9.75. The van der Waals surface area contributed by atoms with Gasteiger partial charge in [0, 0.05) is 6.42 Å². The molecule has 1 aromatic heterocycles. The number of hydrogen-bond donors (Lipinski definition) is 1. The van der Waals surface area contributed by atoms with Crippen molar-refractivity contribution in [3.63, 3.8) is 0 Å². The van der Waals surface area contributed by atoms with Crippen molar-refractivity contribution in [3.8, 4) is 0 Å². The molecule has 16 heavy (non-hydrogen) atoms. The van der Waals surface area contributed by atoms with Gasteiger partial charge >= 0.3 is 5.97 Å². The average Bonchev–Trinajstić information content (AvgIpc) is 2.95. The van der Waals surface area contributed by atoms with Crippen LogP contribution in [0.5, 0.6) is 0 Å². The molecule has 5 nitrogen and oxygen atoms in total. The van der Waals surface area contributed by atoms with Gasteiger partial charge in [0.2, 0.25) is 0 Å². The molecule has 0 aliphatic heterocycles. The van der Waals surface area contributed by atoms with Crippen LogP contribution in [0.1, 0.15) is 44.8 Å². The van der Waals surface area contributed by atoms with E-state index in [1.54, 1.807) is 0 Å². The molecule has 5 heteroatoms. The van der Waals surface area contributed by atoms with Crippen molar-refractivity contribution >= 4 is 5.97 Å². The van der Waals surface area contributed by atoms with Crippen LogP contribution >= 0.6 is 0 Å². The third-order valence-electron chi connectivity index (χ3n) is 2.86. The molecular weight excluding hydrogens is 206 g/mol. The summed E-state index contributed by atoms with van der Waals surface area (Å²) in [5.74, 6) is 1.28. The number of nitrogens with zero attached hydrogens (tertiary/aromatic N) is 2. The summed E-state index contributed by atoms with van der Waals surface area (Å²) in [5.41, 5.74) is -0.543. The molecule has 1 aliphatic rings. The van der Waals surface area contributed by atoms with Gasteiger partial charge in [0.15, 0.2) is 5.82 Å². The number of aryl methyl sites for hydroxylation is 1. The van der Waals surface area contributed by atoms with E-state index < -0.39 is 5.41 Å². The van der Waals surface area contributed by atoms with Crippen molar-refractivity contribution in [1.82, 2.24) is 15.2 Å². The quantitative estimate of drug-likeness (QED) is 0.765. The molecule has 0 aromatic carbocycles. The van der Waals surface area contributed by atoms with E-state index >= 15 is 0 Å². The van der Waals surface area contributed by atoms with Gasteiger partial charge in [-0.15, -0.1) is 0 Å². The van der Waals surface area contributed by atoms with Gasteiger partial charge in [0.05, 0.1) is 6.61 Å². The summed E-state index contributed by atoms with van der Waals surface area (Å²) >= 11 is 0. The molecule has 2 rings (SSSR count). The van der Waals surface area contributed by atoms with Gasteiger partial charge in [-0.3, -0.25) is 9.89 Å². The minimum Gasteiger partial charge on any atom is -0.465 e. The maximum Gasteiger partial charge on any atom is 0.319 e. The molecule has 0 atom stereocenters. The molecular formula is C11H17N3O2. The highest BCUT2D eigenvalue weighted by Crippen LogP contribution is 2.47. The SMILES string of the molecule is CCCc1nc(C2(C(=O)OCC)CC2)n[nH]1. The molecule has 1 aliphatic carbocycles. The molecule has 0 bridgehead atoms. The summed E-state index contributed by atoms with van der Waals surface area (Å²) in [6.07, 6.45) is 3.48. The van der Waals surface area contributed by atoms with E-state index in [9.17, 15) is 4.79 Å². The third-order valence-corrected chi connectivity index (χ3v) is 2.86. The smallest absolute Gasteiger partial charge is 0.319 e. The van der Waals surface area contributed by atoms with Crippen LogP contribution < -0.4 is 0 Å². The number of carbonyl (C=O) groups excluding carboxylic acids is 1. The minimum atomic E-state index is -0.543. The van der Waals surface area contributed by atoms with E-state index in [0.717, 1.165) is 31.5 Å². The Morgan fingerprint density at radius 3 is 2.81 bits per heavy atom. The molecule has 1 saturated carbocycles. The zero-order chi connectivity index (χ0) is 11.6. The fraction of sp³-hybridized carbons (Fsp3) is 0.727. The first-order valence-corrected chi connectivity index (χ1v) is 5.82. The number of nitrogens with one attached hydrogen (secondary N) is 1. The first-order chi connectivity index (χ1) is 7.73. The number of aromatic amines is 1. The highest BCUT2D eigenvalue weighted by Gasteiger charge is 2.56. The molecule has 0 amide bonds. The van der Waals surface area contributed by atoms with Gasteiger partial charge in [0.25, 0.3) is 0 Å². The standard InChI is InChI=1S/C11H17N3O2/c1-3-5-8-12-9(14-13-8)11(6-7-11)10(15)16-4-2/h3-7H2,1-2H3,(H,12,13,14). The van der Waals surface area contributed by atoms with E-state index in [4.69, 9.17) is 4.74 Å². The molecule has 0 saturated heterocycles. The number of aromatic nitrogens is 3. The summed E-state index contributed by atoms with van der Waals surface area (Å²) in [7, 11) is 0. The Morgan fingerprint density at radius 1 is 1.50 bits per heavy atom. The summed E-state index contributed by atoms with van der Waals surface area (Å²) in [4.78, 5) is 16.1. The van der Waals surface area contributed by atoms with E-state index in [0.29, 0.717) is 12.4 Å². The number of esters is 1. The largest absolute Gasteiger partial charge is 0.465 e. The van der Waals surface area contributed by atoms with Crippen molar-refractivity contribution in [3.05, 3.63) is 11.6 Å². The topological polar surface area (TPSA) is 67.9 Å². The van der Waals surface area contributed by atoms with Gasteiger partial charge < -0.3 is 4.74 Å². The van der Waals surface area contributed by atoms with Crippen LogP contribution in [-0.4, -0.2) is 27.8 Å². The predicted molar refractivity (Wildman–Crippen MR) is 57.9 cm³/mol. The van der Waals surface area contributed by atoms with Crippen molar-refractivity contribution in [2.24, 2.45) is 0 Å². The minimum absolute atomic E-state index is 0.183. The Balaban J connectivity index is 2.13. The highest BCUT2D eigenvalue weighted by atomic mass is 16.5. The molecule has 0 radical (unpaired) electrons. The summed E-state index contributed by atoms with van der Waals surface area (Å²) < 4.78 is 5.06. The molecule has 1 N–H and O–H groups in total. The third kappa shape index (κ3) is 1.81. The molecule has 1 heterocycles. The van der Waals surface area contributed by atoms with Crippen LogP contribution in [0.3, 0.4) is 0 Å². The number of ether oxygens (including phenoxy) is 1. The van der Waals surface area contributed by atoms with E-state index in [1.807, 2.05) is 6.92 Å². The maximum atomic E-state index is 11.8. The van der Waals surface area contributed by atoms with Crippen molar-refractivity contribution in [2.45, 2.75) is 44.9 Å². The Morgan fingerprint density at radius 2 is 2.25 bits per heavy atom. The number of hydrogen-bond acceptors (Lipinski definition) is 4. The molecule has 1 fully saturated rings. The number of H-pyrrole nitrogens is 1. The Bertz CT molecular complexity index is 382. The van der Waals surface area contributed by atoms with Crippen LogP contribution in [-0.2, 0) is 21.4 Å². The van der Waals surface area contributed by atoms with Crippen LogP contribution in [0.25, 0.3) is 0 Å². The summed E-state index contributed by atoms with van der Waals surface area (Å²) in [6, 6.07) is 0. The number of rotatable bonds is 5. The fourth-order valence-corrected chi connectivity index (χ4v) is 1.77. The van der Waals surface area contributed by atoms with Crippen molar-refractivity contribution in [2.75, 3.05) is 6.61 Å². The Kier molecular flexibility index (Phi) is 2.94. The molecule has 1 aromatic rings.